The molecule has 0 unspecified atom stereocenters. The normalized spacial score (nSPS) is 26.8. The molecule has 4 heterocycles. The minimum absolute atomic E-state index is 0.171. The second kappa shape index (κ2) is 7.18. The van der Waals surface area contributed by atoms with Gasteiger partial charge >= 0.3 is 0 Å². The Morgan fingerprint density at radius 2 is 1.93 bits per heavy atom. The van der Waals surface area contributed by atoms with Crippen molar-refractivity contribution < 1.29 is 14.7 Å². The van der Waals surface area contributed by atoms with Crippen LogP contribution in [0, 0.1) is 0 Å². The number of β-amino-alcohol motifs (C(OH)–C–C–N with tert-alkyl or cyclic N) is 1. The lowest BCUT2D eigenvalue weighted by Crippen LogP contribution is -2.81. The average Bonchev–Trinajstić information content (AvgIpc) is 3.31. The molecule has 6 nitrogen and oxygen atoms in total. The van der Waals surface area contributed by atoms with E-state index in [1.807, 2.05) is 34.5 Å². The number of thiophene rings is 1. The lowest BCUT2D eigenvalue weighted by Gasteiger charge is -2.58. The van der Waals surface area contributed by atoms with Crippen LogP contribution < -0.4 is 0 Å². The van der Waals surface area contributed by atoms with E-state index >= 15 is 0 Å². The Morgan fingerprint density at radius 3 is 2.66 bits per heavy atom. The maximum atomic E-state index is 13.6. The Bertz CT molecular complexity index is 944. The molecule has 1 N–H and O–H groups in total. The van der Waals surface area contributed by atoms with Crippen molar-refractivity contribution in [2.45, 2.75) is 37.2 Å². The molecule has 152 valence electrons. The number of fused-ring (bicyclic) bond motifs is 2. The van der Waals surface area contributed by atoms with Crippen LogP contribution in [0.25, 0.3) is 0 Å². The van der Waals surface area contributed by atoms with Crippen molar-refractivity contribution in [3.05, 3.63) is 57.2 Å². The van der Waals surface area contributed by atoms with Gasteiger partial charge in [-0.05, 0) is 29.5 Å². The SMILES string of the molecule is O=C1[C@@H]2C[C@@H](O)CN2C2(CN(Cc3cccs3)C2)C(=O)N1Cc1ccccc1Cl. The van der Waals surface area contributed by atoms with E-state index in [2.05, 4.69) is 11.0 Å². The van der Waals surface area contributed by atoms with Gasteiger partial charge in [0.15, 0.2) is 0 Å². The number of amides is 2. The molecular formula is C21H22ClN3O3S. The molecule has 2 atom stereocenters. The van der Waals surface area contributed by atoms with E-state index < -0.39 is 17.7 Å². The third kappa shape index (κ3) is 3.12. The van der Waals surface area contributed by atoms with E-state index in [-0.39, 0.29) is 18.4 Å². The second-order valence-electron chi connectivity index (χ2n) is 8.13. The fourth-order valence-corrected chi connectivity index (χ4v) is 5.81. The summed E-state index contributed by atoms with van der Waals surface area (Å²) >= 11 is 7.99. The van der Waals surface area contributed by atoms with Gasteiger partial charge in [-0.25, -0.2) is 0 Å². The summed E-state index contributed by atoms with van der Waals surface area (Å²) in [5.74, 6) is -0.399. The van der Waals surface area contributed by atoms with Crippen molar-refractivity contribution in [2.24, 2.45) is 0 Å². The van der Waals surface area contributed by atoms with Crippen LogP contribution in [0.4, 0.5) is 0 Å². The van der Waals surface area contributed by atoms with Crippen LogP contribution >= 0.6 is 22.9 Å². The first-order valence-electron chi connectivity index (χ1n) is 9.77. The summed E-state index contributed by atoms with van der Waals surface area (Å²) in [6, 6.07) is 11.0. The Hall–Kier alpha value is -1.77. The molecule has 2 amide bonds. The fraction of sp³-hybridized carbons (Fsp3) is 0.429. The molecule has 8 heteroatoms. The summed E-state index contributed by atoms with van der Waals surface area (Å²) in [6.45, 7) is 2.48. The molecule has 29 heavy (non-hydrogen) atoms. The van der Waals surface area contributed by atoms with Crippen molar-refractivity contribution in [1.82, 2.24) is 14.7 Å². The number of rotatable bonds is 4. The zero-order chi connectivity index (χ0) is 20.2. The van der Waals surface area contributed by atoms with Gasteiger partial charge in [0.25, 0.3) is 5.91 Å². The molecule has 3 fully saturated rings. The van der Waals surface area contributed by atoms with Gasteiger partial charge in [0.1, 0.15) is 5.54 Å². The number of benzene rings is 1. The van der Waals surface area contributed by atoms with Crippen molar-refractivity contribution in [3.8, 4) is 0 Å². The highest BCUT2D eigenvalue weighted by Gasteiger charge is 2.64. The van der Waals surface area contributed by atoms with Crippen LogP contribution in [0.3, 0.4) is 0 Å². The lowest BCUT2D eigenvalue weighted by atomic mass is 9.82. The van der Waals surface area contributed by atoms with Gasteiger partial charge < -0.3 is 5.11 Å². The van der Waals surface area contributed by atoms with E-state index in [0.717, 1.165) is 12.1 Å². The minimum atomic E-state index is -0.741. The summed E-state index contributed by atoms with van der Waals surface area (Å²) in [7, 11) is 0. The molecule has 5 rings (SSSR count). The standard InChI is InChI=1S/C21H22ClN3O3S/c22-17-6-2-1-4-14(17)9-24-19(27)18-8-15(26)10-25(18)21(20(24)28)12-23(13-21)11-16-5-3-7-29-16/h1-7,15,18,26H,8-13H2/t15-,18+/m1/s1. The van der Waals surface area contributed by atoms with E-state index in [1.165, 1.54) is 9.78 Å². The quantitative estimate of drug-likeness (QED) is 0.750. The average molecular weight is 432 g/mol. The summed E-state index contributed by atoms with van der Waals surface area (Å²) in [5.41, 5.74) is 0.0157. The van der Waals surface area contributed by atoms with E-state index in [1.54, 1.807) is 17.4 Å². The lowest BCUT2D eigenvalue weighted by molar-refractivity contribution is -0.181. The molecule has 0 saturated carbocycles. The van der Waals surface area contributed by atoms with E-state index in [9.17, 15) is 14.7 Å². The Morgan fingerprint density at radius 1 is 1.14 bits per heavy atom. The van der Waals surface area contributed by atoms with Crippen LogP contribution in [-0.2, 0) is 22.7 Å². The first-order chi connectivity index (χ1) is 14.0. The summed E-state index contributed by atoms with van der Waals surface area (Å²) in [6.07, 6.45) is -0.210. The van der Waals surface area contributed by atoms with Crippen LogP contribution in [0.15, 0.2) is 41.8 Å². The molecule has 3 aliphatic heterocycles. The molecule has 0 bridgehead atoms. The number of likely N-dealkylation sites (tertiary alicyclic amines) is 1. The number of hydrogen-bond donors (Lipinski definition) is 1. The second-order valence-corrected chi connectivity index (χ2v) is 9.57. The Kier molecular flexibility index (Phi) is 4.75. The van der Waals surface area contributed by atoms with Crippen LogP contribution in [0.5, 0.6) is 0 Å². The molecule has 0 aliphatic carbocycles. The zero-order valence-corrected chi connectivity index (χ0v) is 17.4. The number of nitrogens with zero attached hydrogens (tertiary/aromatic N) is 3. The number of piperazine rings is 1. The van der Waals surface area contributed by atoms with Gasteiger partial charge in [0, 0.05) is 36.1 Å². The van der Waals surface area contributed by atoms with Crippen molar-refractivity contribution in [2.75, 3.05) is 19.6 Å². The van der Waals surface area contributed by atoms with E-state index in [0.29, 0.717) is 31.1 Å². The van der Waals surface area contributed by atoms with Crippen molar-refractivity contribution in [3.63, 3.8) is 0 Å². The van der Waals surface area contributed by atoms with Crippen molar-refractivity contribution in [1.29, 1.82) is 0 Å². The Balaban J connectivity index is 1.42. The van der Waals surface area contributed by atoms with Gasteiger partial charge in [0.2, 0.25) is 5.91 Å². The number of carbonyl (C=O) groups excluding carboxylic acids is 2. The van der Waals surface area contributed by atoms with Gasteiger partial charge in [-0.2, -0.15) is 0 Å². The monoisotopic (exact) mass is 431 g/mol. The fourth-order valence-electron chi connectivity index (χ4n) is 4.87. The highest BCUT2D eigenvalue weighted by molar-refractivity contribution is 7.09. The number of aliphatic hydroxyl groups is 1. The summed E-state index contributed by atoms with van der Waals surface area (Å²) < 4.78 is 0. The maximum Gasteiger partial charge on any atom is 0.252 e. The molecule has 1 spiro atoms. The number of hydrogen-bond acceptors (Lipinski definition) is 6. The van der Waals surface area contributed by atoms with E-state index in [4.69, 9.17) is 11.6 Å². The largest absolute Gasteiger partial charge is 0.392 e. The van der Waals surface area contributed by atoms with Gasteiger partial charge in [-0.1, -0.05) is 35.9 Å². The molecule has 2 aromatic rings. The first-order valence-corrected chi connectivity index (χ1v) is 11.0. The molecule has 1 aromatic carbocycles. The molecule has 3 aliphatic rings. The van der Waals surface area contributed by atoms with Crippen LogP contribution in [0.2, 0.25) is 5.02 Å². The summed E-state index contributed by atoms with van der Waals surface area (Å²) in [5, 5.41) is 12.8. The maximum absolute atomic E-state index is 13.6. The highest BCUT2D eigenvalue weighted by atomic mass is 35.5. The van der Waals surface area contributed by atoms with Crippen LogP contribution in [-0.4, -0.2) is 68.9 Å². The predicted octanol–water partition coefficient (Wildman–Crippen LogP) is 1.96. The number of aliphatic hydroxyl groups excluding tert-OH is 1. The van der Waals surface area contributed by atoms with Crippen LogP contribution in [0.1, 0.15) is 16.9 Å². The summed E-state index contributed by atoms with van der Waals surface area (Å²) in [4.78, 5) is 33.5. The molecule has 1 aromatic heterocycles. The van der Waals surface area contributed by atoms with Crippen molar-refractivity contribution >= 4 is 34.8 Å². The number of halogens is 1. The molecular weight excluding hydrogens is 410 g/mol. The molecule has 0 radical (unpaired) electrons. The predicted molar refractivity (Wildman–Crippen MR) is 110 cm³/mol. The Labute approximate surface area is 178 Å². The smallest absolute Gasteiger partial charge is 0.252 e. The zero-order valence-electron chi connectivity index (χ0n) is 15.8. The molecule has 3 saturated heterocycles. The number of imide groups is 1. The first kappa shape index (κ1) is 19.2. The van der Waals surface area contributed by atoms with Gasteiger partial charge in [-0.15, -0.1) is 11.3 Å². The third-order valence-corrected chi connectivity index (χ3v) is 7.47. The highest BCUT2D eigenvalue weighted by Crippen LogP contribution is 2.41. The van der Waals surface area contributed by atoms with Gasteiger partial charge in [-0.3, -0.25) is 24.3 Å². The topological polar surface area (TPSA) is 64.1 Å². The number of carbonyl (C=O) groups is 2. The van der Waals surface area contributed by atoms with Gasteiger partial charge in [0.05, 0.1) is 18.7 Å². The third-order valence-electron chi connectivity index (χ3n) is 6.24. The minimum Gasteiger partial charge on any atom is -0.392 e.